The first-order valence-electron chi connectivity index (χ1n) is 6.06. The van der Waals surface area contributed by atoms with E-state index in [1.807, 2.05) is 54.6 Å². The number of hydrogen-bond donors (Lipinski definition) is 2. The van der Waals surface area contributed by atoms with Crippen molar-refractivity contribution in [2.45, 2.75) is 12.1 Å². The van der Waals surface area contributed by atoms with Crippen LogP contribution < -0.4 is 10.1 Å². The van der Waals surface area contributed by atoms with Crippen molar-refractivity contribution in [3.8, 4) is 5.75 Å². The van der Waals surface area contributed by atoms with E-state index in [2.05, 4.69) is 5.32 Å². The van der Waals surface area contributed by atoms with E-state index < -0.39 is 6.10 Å². The second-order valence-corrected chi connectivity index (χ2v) is 4.41. The Bertz CT molecular complexity index is 527. The summed E-state index contributed by atoms with van der Waals surface area (Å²) in [5.41, 5.74) is 1.83. The Morgan fingerprint density at radius 2 is 1.78 bits per heavy atom. The molecule has 1 aliphatic rings. The molecule has 3 nitrogen and oxygen atoms in total. The highest BCUT2D eigenvalue weighted by molar-refractivity contribution is 5.58. The molecule has 3 rings (SSSR count). The minimum absolute atomic E-state index is 0.123. The van der Waals surface area contributed by atoms with Crippen LogP contribution in [0.1, 0.15) is 11.7 Å². The Morgan fingerprint density at radius 3 is 2.61 bits per heavy atom. The van der Waals surface area contributed by atoms with Gasteiger partial charge < -0.3 is 15.2 Å². The highest BCUT2D eigenvalue weighted by atomic mass is 16.5. The summed E-state index contributed by atoms with van der Waals surface area (Å²) in [6.07, 6.45) is -0.570. The molecule has 1 aliphatic heterocycles. The molecule has 18 heavy (non-hydrogen) atoms. The number of para-hydroxylation sites is 2. The number of hydrogen-bond acceptors (Lipinski definition) is 3. The van der Waals surface area contributed by atoms with Crippen LogP contribution in [-0.4, -0.2) is 17.8 Å². The third-order valence-corrected chi connectivity index (χ3v) is 3.17. The van der Waals surface area contributed by atoms with Crippen LogP contribution >= 0.6 is 0 Å². The minimum atomic E-state index is -0.570. The van der Waals surface area contributed by atoms with Crippen LogP contribution in [0, 0.1) is 0 Å². The first-order valence-corrected chi connectivity index (χ1v) is 6.06. The molecule has 92 valence electrons. The van der Waals surface area contributed by atoms with Crippen LogP contribution in [0.5, 0.6) is 5.75 Å². The van der Waals surface area contributed by atoms with Crippen molar-refractivity contribution >= 4 is 5.69 Å². The molecule has 2 aromatic carbocycles. The second kappa shape index (κ2) is 4.70. The van der Waals surface area contributed by atoms with Crippen LogP contribution in [0.15, 0.2) is 54.6 Å². The third-order valence-electron chi connectivity index (χ3n) is 3.17. The monoisotopic (exact) mass is 241 g/mol. The Labute approximate surface area is 106 Å². The van der Waals surface area contributed by atoms with Crippen LogP contribution in [0.4, 0.5) is 5.69 Å². The zero-order valence-corrected chi connectivity index (χ0v) is 9.91. The van der Waals surface area contributed by atoms with Crippen molar-refractivity contribution in [1.82, 2.24) is 0 Å². The predicted octanol–water partition coefficient (Wildman–Crippen LogP) is 2.59. The van der Waals surface area contributed by atoms with Gasteiger partial charge in [0.05, 0.1) is 11.7 Å². The van der Waals surface area contributed by atoms with E-state index in [9.17, 15) is 5.11 Å². The zero-order valence-electron chi connectivity index (χ0n) is 9.91. The maximum Gasteiger partial charge on any atom is 0.142 e. The molecule has 0 saturated carbocycles. The number of rotatable bonds is 2. The van der Waals surface area contributed by atoms with Gasteiger partial charge in [-0.15, -0.1) is 0 Å². The maximum absolute atomic E-state index is 10.3. The number of aliphatic hydroxyl groups is 1. The summed E-state index contributed by atoms with van der Waals surface area (Å²) in [4.78, 5) is 0. The molecule has 0 saturated heterocycles. The van der Waals surface area contributed by atoms with E-state index in [4.69, 9.17) is 4.74 Å². The molecular weight excluding hydrogens is 226 g/mol. The van der Waals surface area contributed by atoms with Crippen molar-refractivity contribution in [2.24, 2.45) is 0 Å². The zero-order chi connectivity index (χ0) is 12.4. The highest BCUT2D eigenvalue weighted by Crippen LogP contribution is 2.31. The summed E-state index contributed by atoms with van der Waals surface area (Å²) in [6.45, 7) is 0.465. The fourth-order valence-electron chi connectivity index (χ4n) is 2.19. The van der Waals surface area contributed by atoms with Gasteiger partial charge in [-0.1, -0.05) is 42.5 Å². The number of fused-ring (bicyclic) bond motifs is 1. The number of ether oxygens (including phenoxy) is 1. The first kappa shape index (κ1) is 11.1. The highest BCUT2D eigenvalue weighted by Gasteiger charge is 2.26. The van der Waals surface area contributed by atoms with Gasteiger partial charge in [0.25, 0.3) is 0 Å². The average molecular weight is 241 g/mol. The molecule has 0 amide bonds. The van der Waals surface area contributed by atoms with Crippen molar-refractivity contribution in [2.75, 3.05) is 11.9 Å². The van der Waals surface area contributed by atoms with Crippen molar-refractivity contribution in [3.05, 3.63) is 60.2 Å². The summed E-state index contributed by atoms with van der Waals surface area (Å²) in [5.74, 6) is 0.842. The Hall–Kier alpha value is -2.00. The molecule has 0 bridgehead atoms. The van der Waals surface area contributed by atoms with E-state index >= 15 is 0 Å². The Balaban J connectivity index is 1.80. The fraction of sp³-hybridized carbons (Fsp3) is 0.200. The van der Waals surface area contributed by atoms with Gasteiger partial charge in [-0.2, -0.15) is 0 Å². The maximum atomic E-state index is 10.3. The average Bonchev–Trinajstić information content (AvgIpc) is 2.47. The summed E-state index contributed by atoms with van der Waals surface area (Å²) in [6, 6.07) is 17.3. The van der Waals surface area contributed by atoms with Crippen LogP contribution in [0.2, 0.25) is 0 Å². The number of benzene rings is 2. The standard InChI is InChI=1S/C15H15NO2/c17-15(11-6-2-1-3-7-11)13-10-18-14-9-5-4-8-12(14)16-13/h1-9,13,15-17H,10H2/t13-,15+/m0/s1. The van der Waals surface area contributed by atoms with Crippen molar-refractivity contribution < 1.29 is 9.84 Å². The van der Waals surface area contributed by atoms with Crippen LogP contribution in [0.25, 0.3) is 0 Å². The van der Waals surface area contributed by atoms with Crippen molar-refractivity contribution in [3.63, 3.8) is 0 Å². The van der Waals surface area contributed by atoms with Gasteiger partial charge in [-0.3, -0.25) is 0 Å². The molecule has 2 atom stereocenters. The van der Waals surface area contributed by atoms with Crippen LogP contribution in [0.3, 0.4) is 0 Å². The van der Waals surface area contributed by atoms with Gasteiger partial charge >= 0.3 is 0 Å². The molecule has 0 spiro atoms. The summed E-state index contributed by atoms with van der Waals surface area (Å²) < 4.78 is 5.66. The quantitative estimate of drug-likeness (QED) is 0.849. The molecule has 2 aromatic rings. The molecule has 0 radical (unpaired) electrons. The molecule has 2 N–H and O–H groups in total. The van der Waals surface area contributed by atoms with Gasteiger partial charge in [-0.05, 0) is 17.7 Å². The lowest BCUT2D eigenvalue weighted by Crippen LogP contribution is -2.36. The van der Waals surface area contributed by atoms with Gasteiger partial charge in [-0.25, -0.2) is 0 Å². The van der Waals surface area contributed by atoms with E-state index in [0.29, 0.717) is 6.61 Å². The summed E-state index contributed by atoms with van der Waals surface area (Å²) in [7, 11) is 0. The topological polar surface area (TPSA) is 41.5 Å². The Morgan fingerprint density at radius 1 is 1.06 bits per heavy atom. The lowest BCUT2D eigenvalue weighted by Gasteiger charge is -2.30. The van der Waals surface area contributed by atoms with E-state index in [1.165, 1.54) is 0 Å². The van der Waals surface area contributed by atoms with Gasteiger partial charge in [0.1, 0.15) is 18.5 Å². The Kier molecular flexibility index (Phi) is 2.90. The number of nitrogens with one attached hydrogen (secondary N) is 1. The SMILES string of the molecule is O[C@H](c1ccccc1)[C@@H]1COc2ccccc2N1. The van der Waals surface area contributed by atoms with Gasteiger partial charge in [0, 0.05) is 0 Å². The smallest absolute Gasteiger partial charge is 0.142 e. The van der Waals surface area contributed by atoms with E-state index in [-0.39, 0.29) is 6.04 Å². The third kappa shape index (κ3) is 2.05. The first-order chi connectivity index (χ1) is 8.84. The molecule has 0 fully saturated rings. The minimum Gasteiger partial charge on any atom is -0.489 e. The molecule has 0 unspecified atom stereocenters. The largest absolute Gasteiger partial charge is 0.489 e. The molecule has 1 heterocycles. The molecule has 0 aromatic heterocycles. The molecule has 3 heteroatoms. The predicted molar refractivity (Wildman–Crippen MR) is 70.7 cm³/mol. The van der Waals surface area contributed by atoms with Crippen molar-refractivity contribution in [1.29, 1.82) is 0 Å². The molecular formula is C15H15NO2. The number of anilines is 1. The number of aliphatic hydroxyl groups excluding tert-OH is 1. The normalized spacial score (nSPS) is 19.3. The fourth-order valence-corrected chi connectivity index (χ4v) is 2.19. The summed E-state index contributed by atoms with van der Waals surface area (Å²) in [5, 5.41) is 13.6. The van der Waals surface area contributed by atoms with E-state index in [1.54, 1.807) is 0 Å². The van der Waals surface area contributed by atoms with Crippen LogP contribution in [-0.2, 0) is 0 Å². The van der Waals surface area contributed by atoms with E-state index in [0.717, 1.165) is 17.0 Å². The lowest BCUT2D eigenvalue weighted by molar-refractivity contribution is 0.120. The van der Waals surface area contributed by atoms with Gasteiger partial charge in [0.2, 0.25) is 0 Å². The second-order valence-electron chi connectivity index (χ2n) is 4.41. The summed E-state index contributed by atoms with van der Waals surface area (Å²) >= 11 is 0. The molecule has 0 aliphatic carbocycles. The lowest BCUT2D eigenvalue weighted by atomic mass is 10.0. The van der Waals surface area contributed by atoms with Gasteiger partial charge in [0.15, 0.2) is 0 Å².